The topological polar surface area (TPSA) is 69.6 Å². The standard InChI is InChI=1S/C50H101NO3/c1-3-5-7-9-11-12-13-14-15-16-17-18-19-20-21-22-23-24-25-26-27-28-29-30-31-32-33-34-35-36-37-38-39-40-42-44-46-50(54)51-48(47-52)49(53)45-43-41-10-8-6-4-2/h48-49,52-53H,3-47H2,1-2H3,(H,51,54). The number of rotatable bonds is 47. The fourth-order valence-electron chi connectivity index (χ4n) is 8.25. The van der Waals surface area contributed by atoms with Crippen LogP contribution >= 0.6 is 0 Å². The second-order valence-corrected chi connectivity index (χ2v) is 17.6. The molecule has 3 N–H and O–H groups in total. The molecule has 0 aromatic carbocycles. The van der Waals surface area contributed by atoms with Crippen molar-refractivity contribution in [3.8, 4) is 0 Å². The molecule has 0 radical (unpaired) electrons. The van der Waals surface area contributed by atoms with Gasteiger partial charge in [-0.2, -0.15) is 0 Å². The maximum Gasteiger partial charge on any atom is 0.220 e. The van der Waals surface area contributed by atoms with E-state index in [4.69, 9.17) is 0 Å². The van der Waals surface area contributed by atoms with E-state index >= 15 is 0 Å². The van der Waals surface area contributed by atoms with E-state index in [1.165, 1.54) is 244 Å². The summed E-state index contributed by atoms with van der Waals surface area (Å²) in [7, 11) is 0. The maximum atomic E-state index is 12.3. The summed E-state index contributed by atoms with van der Waals surface area (Å²) in [4.78, 5) is 12.3. The van der Waals surface area contributed by atoms with Gasteiger partial charge in [0.1, 0.15) is 0 Å². The third-order valence-corrected chi connectivity index (χ3v) is 12.1. The first-order valence-corrected chi connectivity index (χ1v) is 25.2. The Bertz CT molecular complexity index is 699. The van der Waals surface area contributed by atoms with Crippen LogP contribution in [-0.4, -0.2) is 34.9 Å². The van der Waals surface area contributed by atoms with Crippen molar-refractivity contribution >= 4 is 5.91 Å². The van der Waals surface area contributed by atoms with E-state index in [2.05, 4.69) is 19.2 Å². The van der Waals surface area contributed by atoms with Crippen molar-refractivity contribution in [3.63, 3.8) is 0 Å². The van der Waals surface area contributed by atoms with Gasteiger partial charge in [-0.15, -0.1) is 0 Å². The molecule has 0 aliphatic carbocycles. The van der Waals surface area contributed by atoms with Crippen LogP contribution in [0.25, 0.3) is 0 Å². The summed E-state index contributed by atoms with van der Waals surface area (Å²) in [6.07, 6.45) is 58.4. The van der Waals surface area contributed by atoms with E-state index in [1.807, 2.05) is 0 Å². The Morgan fingerprint density at radius 2 is 0.593 bits per heavy atom. The van der Waals surface area contributed by atoms with Crippen LogP contribution in [0.1, 0.15) is 296 Å². The predicted octanol–water partition coefficient (Wildman–Crippen LogP) is 16.0. The lowest BCUT2D eigenvalue weighted by Crippen LogP contribution is -2.45. The molecule has 0 fully saturated rings. The zero-order valence-corrected chi connectivity index (χ0v) is 37.3. The van der Waals surface area contributed by atoms with Crippen LogP contribution in [0.15, 0.2) is 0 Å². The molecule has 2 unspecified atom stereocenters. The molecule has 0 spiro atoms. The molecule has 54 heavy (non-hydrogen) atoms. The average molecular weight is 764 g/mol. The number of unbranched alkanes of at least 4 members (excludes halogenated alkanes) is 40. The van der Waals surface area contributed by atoms with E-state index in [0.29, 0.717) is 12.8 Å². The summed E-state index contributed by atoms with van der Waals surface area (Å²) >= 11 is 0. The smallest absolute Gasteiger partial charge is 0.220 e. The van der Waals surface area contributed by atoms with Gasteiger partial charge in [0.2, 0.25) is 5.91 Å². The van der Waals surface area contributed by atoms with Gasteiger partial charge < -0.3 is 15.5 Å². The van der Waals surface area contributed by atoms with Crippen molar-refractivity contribution in [3.05, 3.63) is 0 Å². The third kappa shape index (κ3) is 42.5. The van der Waals surface area contributed by atoms with E-state index in [1.54, 1.807) is 0 Å². The Hall–Kier alpha value is -0.610. The zero-order valence-electron chi connectivity index (χ0n) is 37.3. The minimum atomic E-state index is -0.650. The number of carbonyl (C=O) groups is 1. The van der Waals surface area contributed by atoms with Crippen molar-refractivity contribution in [2.75, 3.05) is 6.61 Å². The summed E-state index contributed by atoms with van der Waals surface area (Å²) in [5.74, 6) is -0.0303. The van der Waals surface area contributed by atoms with Crippen LogP contribution in [0.4, 0.5) is 0 Å². The Balaban J connectivity index is 3.26. The van der Waals surface area contributed by atoms with Gasteiger partial charge in [-0.3, -0.25) is 4.79 Å². The Morgan fingerprint density at radius 3 is 0.833 bits per heavy atom. The van der Waals surface area contributed by atoms with E-state index in [0.717, 1.165) is 25.7 Å². The molecule has 0 saturated carbocycles. The summed E-state index contributed by atoms with van der Waals surface area (Å²) in [5.41, 5.74) is 0. The number of aliphatic hydroxyl groups excluding tert-OH is 2. The number of amides is 1. The lowest BCUT2D eigenvalue weighted by atomic mass is 10.0. The molecule has 0 saturated heterocycles. The molecule has 0 aromatic rings. The van der Waals surface area contributed by atoms with Crippen LogP contribution in [0.5, 0.6) is 0 Å². The summed E-state index contributed by atoms with van der Waals surface area (Å²) in [5, 5.41) is 22.9. The van der Waals surface area contributed by atoms with Gasteiger partial charge in [0.05, 0.1) is 18.8 Å². The fraction of sp³-hybridized carbons (Fsp3) is 0.980. The van der Waals surface area contributed by atoms with Gasteiger partial charge in [-0.05, 0) is 12.8 Å². The molecular weight excluding hydrogens is 663 g/mol. The molecule has 324 valence electrons. The lowest BCUT2D eigenvalue weighted by molar-refractivity contribution is -0.123. The molecule has 4 nitrogen and oxygen atoms in total. The summed E-state index contributed by atoms with van der Waals surface area (Å²) < 4.78 is 0. The number of carbonyl (C=O) groups excluding carboxylic acids is 1. The Kier molecular flexibility index (Phi) is 46.2. The predicted molar refractivity (Wildman–Crippen MR) is 240 cm³/mol. The molecule has 0 aliphatic rings. The van der Waals surface area contributed by atoms with Crippen molar-refractivity contribution in [1.29, 1.82) is 0 Å². The molecule has 2 atom stereocenters. The largest absolute Gasteiger partial charge is 0.394 e. The highest BCUT2D eigenvalue weighted by atomic mass is 16.3. The first kappa shape index (κ1) is 53.4. The van der Waals surface area contributed by atoms with Crippen LogP contribution in [0.3, 0.4) is 0 Å². The highest BCUT2D eigenvalue weighted by molar-refractivity contribution is 5.76. The number of nitrogens with one attached hydrogen (secondary N) is 1. The van der Waals surface area contributed by atoms with Crippen LogP contribution in [-0.2, 0) is 4.79 Å². The monoisotopic (exact) mass is 764 g/mol. The zero-order chi connectivity index (χ0) is 39.3. The maximum absolute atomic E-state index is 12.3. The molecule has 1 amide bonds. The Labute approximate surface area is 340 Å². The fourth-order valence-corrected chi connectivity index (χ4v) is 8.25. The van der Waals surface area contributed by atoms with E-state index in [9.17, 15) is 15.0 Å². The SMILES string of the molecule is CCCCCCCCCCCCCCCCCCCCCCCCCCCCCCCCCCCCCCC(=O)NC(CO)C(O)CCCCCCCC. The van der Waals surface area contributed by atoms with Crippen molar-refractivity contribution in [1.82, 2.24) is 5.32 Å². The second kappa shape index (κ2) is 46.8. The van der Waals surface area contributed by atoms with Crippen LogP contribution < -0.4 is 5.32 Å². The van der Waals surface area contributed by atoms with Crippen molar-refractivity contribution in [2.45, 2.75) is 309 Å². The van der Waals surface area contributed by atoms with Gasteiger partial charge in [-0.1, -0.05) is 277 Å². The van der Waals surface area contributed by atoms with Gasteiger partial charge in [0.25, 0.3) is 0 Å². The van der Waals surface area contributed by atoms with Gasteiger partial charge in [-0.25, -0.2) is 0 Å². The minimum Gasteiger partial charge on any atom is -0.394 e. The van der Waals surface area contributed by atoms with Crippen molar-refractivity contribution in [2.24, 2.45) is 0 Å². The first-order chi connectivity index (χ1) is 26.7. The van der Waals surface area contributed by atoms with Crippen LogP contribution in [0.2, 0.25) is 0 Å². The quantitative estimate of drug-likeness (QED) is 0.0541. The Morgan fingerprint density at radius 1 is 0.370 bits per heavy atom. The molecule has 4 heteroatoms. The minimum absolute atomic E-state index is 0.0303. The number of hydrogen-bond donors (Lipinski definition) is 3. The molecule has 0 bridgehead atoms. The second-order valence-electron chi connectivity index (χ2n) is 17.6. The van der Waals surface area contributed by atoms with Crippen molar-refractivity contribution < 1.29 is 15.0 Å². The van der Waals surface area contributed by atoms with Gasteiger partial charge in [0, 0.05) is 6.42 Å². The highest BCUT2D eigenvalue weighted by Gasteiger charge is 2.20. The molecule has 0 heterocycles. The van der Waals surface area contributed by atoms with E-state index < -0.39 is 12.1 Å². The average Bonchev–Trinajstić information content (AvgIpc) is 3.18. The number of hydrogen-bond acceptors (Lipinski definition) is 3. The lowest BCUT2D eigenvalue weighted by Gasteiger charge is -2.22. The number of aliphatic hydroxyl groups is 2. The first-order valence-electron chi connectivity index (χ1n) is 25.2. The summed E-state index contributed by atoms with van der Waals surface area (Å²) in [6.45, 7) is 4.33. The van der Waals surface area contributed by atoms with Gasteiger partial charge in [0.15, 0.2) is 0 Å². The molecule has 0 aromatic heterocycles. The highest BCUT2D eigenvalue weighted by Crippen LogP contribution is 2.18. The normalized spacial score (nSPS) is 12.7. The van der Waals surface area contributed by atoms with Crippen LogP contribution in [0, 0.1) is 0 Å². The molecule has 0 aliphatic heterocycles. The summed E-state index contributed by atoms with van der Waals surface area (Å²) in [6, 6.07) is -0.527. The van der Waals surface area contributed by atoms with E-state index in [-0.39, 0.29) is 12.5 Å². The van der Waals surface area contributed by atoms with Gasteiger partial charge >= 0.3 is 0 Å². The third-order valence-electron chi connectivity index (χ3n) is 12.1. The molecular formula is C50H101NO3. The molecule has 0 rings (SSSR count).